The van der Waals surface area contributed by atoms with Crippen LogP contribution in [-0.2, 0) is 50.7 Å². The molecular formula is C31H42N2O11S3. The maximum Gasteiger partial charge on any atom is 0.294 e. The van der Waals surface area contributed by atoms with Gasteiger partial charge in [0, 0.05) is 48.8 Å². The number of nitrogens with one attached hydrogen (secondary N) is 1. The van der Waals surface area contributed by atoms with Gasteiger partial charge in [0.1, 0.15) is 0 Å². The van der Waals surface area contributed by atoms with Crippen molar-refractivity contribution in [3.8, 4) is 0 Å². The molecular weight excluding hydrogens is 673 g/mol. The molecule has 0 amide bonds. The van der Waals surface area contributed by atoms with Gasteiger partial charge < -0.3 is 14.8 Å². The van der Waals surface area contributed by atoms with E-state index in [1.807, 2.05) is 6.92 Å². The van der Waals surface area contributed by atoms with Crippen molar-refractivity contribution in [3.63, 3.8) is 0 Å². The van der Waals surface area contributed by atoms with E-state index in [0.29, 0.717) is 46.8 Å². The molecule has 0 saturated heterocycles. The molecule has 1 heterocycles. The Morgan fingerprint density at radius 3 is 2.17 bits per heavy atom. The lowest BCUT2D eigenvalue weighted by molar-refractivity contribution is 0.179. The van der Waals surface area contributed by atoms with Crippen LogP contribution in [0.2, 0.25) is 0 Å². The number of hydrogen-bond donors (Lipinski definition) is 4. The molecule has 2 unspecified atom stereocenters. The van der Waals surface area contributed by atoms with E-state index in [0.717, 1.165) is 0 Å². The van der Waals surface area contributed by atoms with Crippen molar-refractivity contribution < 1.29 is 48.4 Å². The molecule has 260 valence electrons. The molecule has 0 aromatic heterocycles. The van der Waals surface area contributed by atoms with Gasteiger partial charge in [-0.3, -0.25) is 18.7 Å². The van der Waals surface area contributed by atoms with Crippen LogP contribution in [-0.4, -0.2) is 84.4 Å². The predicted octanol–water partition coefficient (Wildman–Crippen LogP) is 4.36. The highest BCUT2D eigenvalue weighted by molar-refractivity contribution is 7.86. The van der Waals surface area contributed by atoms with E-state index >= 15 is 0 Å². The van der Waals surface area contributed by atoms with Crippen LogP contribution < -0.4 is 5.32 Å². The SMILES string of the molecule is COCC\N=C(/C=C/C=C1/Nc2ccc(S(=O)(=O)O)cc2C1(C)CCOC)C(C)(CCCS(=O)(=O)O)c1cc(S(=O)(=O)O)ccc1C. The van der Waals surface area contributed by atoms with Crippen molar-refractivity contribution >= 4 is 41.8 Å². The zero-order valence-corrected chi connectivity index (χ0v) is 29.4. The third-order valence-corrected chi connectivity index (χ3v) is 10.9. The highest BCUT2D eigenvalue weighted by Gasteiger charge is 2.39. The first-order chi connectivity index (χ1) is 21.8. The van der Waals surface area contributed by atoms with Crippen molar-refractivity contribution in [3.05, 3.63) is 77.0 Å². The lowest BCUT2D eigenvalue weighted by atomic mass is 9.72. The van der Waals surface area contributed by atoms with E-state index < -0.39 is 46.9 Å². The Kier molecular flexibility index (Phi) is 12.3. The average molecular weight is 715 g/mol. The maximum absolute atomic E-state index is 12.1. The molecule has 0 saturated carbocycles. The molecule has 0 spiro atoms. The molecule has 0 aliphatic carbocycles. The fourth-order valence-corrected chi connectivity index (χ4v) is 7.27. The Labute approximate surface area is 277 Å². The molecule has 2 aromatic carbocycles. The van der Waals surface area contributed by atoms with Gasteiger partial charge in [-0.1, -0.05) is 12.1 Å². The highest BCUT2D eigenvalue weighted by Crippen LogP contribution is 2.46. The number of ether oxygens (including phenoxy) is 2. The van der Waals surface area contributed by atoms with E-state index in [1.165, 1.54) is 31.4 Å². The molecule has 16 heteroatoms. The topological polar surface area (TPSA) is 206 Å². The largest absolute Gasteiger partial charge is 0.385 e. The molecule has 47 heavy (non-hydrogen) atoms. The number of allylic oxidation sites excluding steroid dienone is 4. The molecule has 3 rings (SSSR count). The van der Waals surface area contributed by atoms with E-state index in [4.69, 9.17) is 14.5 Å². The van der Waals surface area contributed by atoms with Crippen LogP contribution >= 0.6 is 0 Å². The summed E-state index contributed by atoms with van der Waals surface area (Å²) in [5, 5.41) is 3.32. The van der Waals surface area contributed by atoms with Crippen molar-refractivity contribution in [1.29, 1.82) is 0 Å². The molecule has 2 aromatic rings. The van der Waals surface area contributed by atoms with Gasteiger partial charge in [-0.15, -0.1) is 0 Å². The molecule has 2 atom stereocenters. The lowest BCUT2D eigenvalue weighted by Crippen LogP contribution is -2.34. The van der Waals surface area contributed by atoms with Crippen LogP contribution in [0.25, 0.3) is 0 Å². The van der Waals surface area contributed by atoms with Crippen LogP contribution in [0.1, 0.15) is 49.8 Å². The summed E-state index contributed by atoms with van der Waals surface area (Å²) < 4.78 is 111. The monoisotopic (exact) mass is 714 g/mol. The number of rotatable bonds is 16. The van der Waals surface area contributed by atoms with Gasteiger partial charge in [-0.2, -0.15) is 25.3 Å². The molecule has 0 radical (unpaired) electrons. The molecule has 4 N–H and O–H groups in total. The second kappa shape index (κ2) is 15.1. The third kappa shape index (κ3) is 9.57. The van der Waals surface area contributed by atoms with E-state index in [-0.39, 0.29) is 35.8 Å². The third-order valence-electron chi connectivity index (χ3n) is 8.39. The molecule has 13 nitrogen and oxygen atoms in total. The summed E-state index contributed by atoms with van der Waals surface area (Å²) in [6.07, 6.45) is 5.81. The Hall–Kier alpha value is -2.96. The summed E-state index contributed by atoms with van der Waals surface area (Å²) in [6, 6.07) is 8.44. The minimum Gasteiger partial charge on any atom is -0.385 e. The van der Waals surface area contributed by atoms with E-state index in [2.05, 4.69) is 5.32 Å². The first-order valence-corrected chi connectivity index (χ1v) is 19.1. The number of anilines is 1. The van der Waals surface area contributed by atoms with Crippen LogP contribution in [0.4, 0.5) is 5.69 Å². The van der Waals surface area contributed by atoms with Crippen LogP contribution in [0.3, 0.4) is 0 Å². The van der Waals surface area contributed by atoms with Crippen LogP contribution in [0.5, 0.6) is 0 Å². The summed E-state index contributed by atoms with van der Waals surface area (Å²) in [7, 11) is -10.3. The Balaban J connectivity index is 2.18. The average Bonchev–Trinajstić information content (AvgIpc) is 3.24. The van der Waals surface area contributed by atoms with Crippen molar-refractivity contribution in [2.45, 2.75) is 60.7 Å². The number of aliphatic imine (C=N–C) groups is 1. The van der Waals surface area contributed by atoms with E-state index in [9.17, 15) is 38.9 Å². The first-order valence-electron chi connectivity index (χ1n) is 14.6. The second-order valence-corrected chi connectivity index (χ2v) is 16.2. The zero-order valence-electron chi connectivity index (χ0n) is 26.9. The Bertz CT molecular complexity index is 1890. The summed E-state index contributed by atoms with van der Waals surface area (Å²) in [5.74, 6) is -0.537. The fourth-order valence-electron chi connectivity index (χ4n) is 5.75. The van der Waals surface area contributed by atoms with Crippen molar-refractivity contribution in [2.75, 3.05) is 45.0 Å². The second-order valence-electron chi connectivity index (χ2n) is 11.8. The van der Waals surface area contributed by atoms with Gasteiger partial charge >= 0.3 is 0 Å². The number of nitrogens with zero attached hydrogens (tertiary/aromatic N) is 1. The molecule has 0 bridgehead atoms. The van der Waals surface area contributed by atoms with Crippen LogP contribution in [0, 0.1) is 6.92 Å². The number of benzene rings is 2. The van der Waals surface area contributed by atoms with Crippen molar-refractivity contribution in [1.82, 2.24) is 0 Å². The molecule has 1 aliphatic heterocycles. The first kappa shape index (κ1) is 38.5. The summed E-state index contributed by atoms with van der Waals surface area (Å²) in [5.41, 5.74) is 1.72. The summed E-state index contributed by atoms with van der Waals surface area (Å²) in [6.45, 7) is 6.25. The van der Waals surface area contributed by atoms with Gasteiger partial charge in [-0.05, 0) is 99.2 Å². The molecule has 1 aliphatic rings. The normalized spacial score (nSPS) is 19.6. The number of aryl methyl sites for hydroxylation is 1. The smallest absolute Gasteiger partial charge is 0.294 e. The lowest BCUT2D eigenvalue weighted by Gasteiger charge is -2.33. The van der Waals surface area contributed by atoms with Gasteiger partial charge in [0.2, 0.25) is 0 Å². The highest BCUT2D eigenvalue weighted by atomic mass is 32.2. The zero-order chi connectivity index (χ0) is 35.3. The maximum atomic E-state index is 12.1. The van der Waals surface area contributed by atoms with Gasteiger partial charge in [0.15, 0.2) is 0 Å². The van der Waals surface area contributed by atoms with Gasteiger partial charge in [0.05, 0.1) is 28.7 Å². The standard InChI is InChI=1S/C31H42N2O11S3/c1-22-10-11-23(46(37,38)39)20-25(22)30(2,14-7-19-45(34,35)36)28(32-16-18-44-5)8-6-9-29-31(3,15-17-43-4)26-21-24(47(40,41)42)12-13-27(26)33-29/h6,8-13,20-21,33H,7,14-19H2,1-5H3,(H,34,35,36)(H,37,38,39)(H,40,41,42)/b8-6+,29-9+,32-28+. The Morgan fingerprint density at radius 1 is 0.957 bits per heavy atom. The molecule has 0 fully saturated rings. The van der Waals surface area contributed by atoms with Crippen LogP contribution in [0.15, 0.2) is 75.1 Å². The fraction of sp³-hybridized carbons (Fsp3) is 0.452. The quantitative estimate of drug-likeness (QED) is 0.109. The van der Waals surface area contributed by atoms with Crippen molar-refractivity contribution in [2.24, 2.45) is 4.99 Å². The Morgan fingerprint density at radius 2 is 1.57 bits per heavy atom. The minimum absolute atomic E-state index is 0.00511. The number of fused-ring (bicyclic) bond motifs is 1. The number of hydrogen-bond acceptors (Lipinski definition) is 10. The summed E-state index contributed by atoms with van der Waals surface area (Å²) in [4.78, 5) is 4.17. The predicted molar refractivity (Wildman–Crippen MR) is 179 cm³/mol. The number of methoxy groups -OCH3 is 2. The minimum atomic E-state index is -4.58. The summed E-state index contributed by atoms with van der Waals surface area (Å²) >= 11 is 0. The van der Waals surface area contributed by atoms with Gasteiger partial charge in [-0.25, -0.2) is 0 Å². The van der Waals surface area contributed by atoms with Gasteiger partial charge in [0.25, 0.3) is 30.4 Å². The van der Waals surface area contributed by atoms with E-state index in [1.54, 1.807) is 51.3 Å².